The quantitative estimate of drug-likeness (QED) is 0.687. The number of aryl methyl sites for hydroxylation is 1. The van der Waals surface area contributed by atoms with Crippen molar-refractivity contribution < 1.29 is 15.3 Å². The van der Waals surface area contributed by atoms with Crippen molar-refractivity contribution in [1.82, 2.24) is 0 Å². The van der Waals surface area contributed by atoms with Crippen molar-refractivity contribution in [2.24, 2.45) is 17.3 Å². The van der Waals surface area contributed by atoms with Crippen LogP contribution in [0.25, 0.3) is 0 Å². The third kappa shape index (κ3) is 1.80. The van der Waals surface area contributed by atoms with Crippen LogP contribution in [0.2, 0.25) is 0 Å². The molecular formula is C18H24O3. The molecule has 0 bridgehead atoms. The third-order valence-corrected chi connectivity index (χ3v) is 6.65. The molecule has 21 heavy (non-hydrogen) atoms. The number of hydrogen-bond donors (Lipinski definition) is 3. The molecule has 1 aromatic carbocycles. The molecule has 2 fully saturated rings. The second-order valence-electron chi connectivity index (χ2n) is 7.58. The van der Waals surface area contributed by atoms with Gasteiger partial charge in [-0.3, -0.25) is 0 Å². The van der Waals surface area contributed by atoms with Gasteiger partial charge in [-0.25, -0.2) is 0 Å². The number of aliphatic hydroxyl groups is 2. The van der Waals surface area contributed by atoms with Gasteiger partial charge in [0.1, 0.15) is 5.75 Å². The lowest BCUT2D eigenvalue weighted by Crippen LogP contribution is -2.46. The highest BCUT2D eigenvalue weighted by Gasteiger charge is 2.58. The van der Waals surface area contributed by atoms with Gasteiger partial charge in [0.2, 0.25) is 0 Å². The van der Waals surface area contributed by atoms with Gasteiger partial charge in [0, 0.05) is 6.42 Å². The van der Waals surface area contributed by atoms with E-state index in [1.165, 1.54) is 11.1 Å². The minimum absolute atomic E-state index is 0.116. The van der Waals surface area contributed by atoms with Gasteiger partial charge < -0.3 is 15.3 Å². The minimum Gasteiger partial charge on any atom is -0.508 e. The van der Waals surface area contributed by atoms with Crippen molar-refractivity contribution >= 4 is 0 Å². The highest BCUT2D eigenvalue weighted by Crippen LogP contribution is 2.60. The lowest BCUT2D eigenvalue weighted by molar-refractivity contribution is -0.0440. The molecular weight excluding hydrogens is 264 g/mol. The fourth-order valence-electron chi connectivity index (χ4n) is 5.60. The summed E-state index contributed by atoms with van der Waals surface area (Å²) in [7, 11) is 0. The Kier molecular flexibility index (Phi) is 2.89. The summed E-state index contributed by atoms with van der Waals surface area (Å²) >= 11 is 0. The van der Waals surface area contributed by atoms with E-state index in [1.54, 1.807) is 6.07 Å². The summed E-state index contributed by atoms with van der Waals surface area (Å²) in [5.74, 6) is 1.51. The lowest BCUT2D eigenvalue weighted by atomic mass is 9.55. The zero-order valence-electron chi connectivity index (χ0n) is 12.5. The van der Waals surface area contributed by atoms with E-state index in [4.69, 9.17) is 0 Å². The van der Waals surface area contributed by atoms with Crippen LogP contribution in [0.1, 0.15) is 49.7 Å². The number of rotatable bonds is 0. The Balaban J connectivity index is 1.73. The van der Waals surface area contributed by atoms with E-state index in [0.29, 0.717) is 24.0 Å². The van der Waals surface area contributed by atoms with Crippen molar-refractivity contribution in [3.05, 3.63) is 29.3 Å². The first-order valence-corrected chi connectivity index (χ1v) is 8.18. The molecule has 114 valence electrons. The molecule has 4 rings (SSSR count). The molecule has 0 spiro atoms. The number of aliphatic hydroxyl groups excluding tert-OH is 2. The average Bonchev–Trinajstić information content (AvgIpc) is 2.68. The second-order valence-corrected chi connectivity index (χ2v) is 7.58. The molecule has 0 aliphatic heterocycles. The van der Waals surface area contributed by atoms with Crippen LogP contribution in [0.3, 0.4) is 0 Å². The van der Waals surface area contributed by atoms with E-state index in [0.717, 1.165) is 25.7 Å². The second kappa shape index (κ2) is 4.47. The fourth-order valence-corrected chi connectivity index (χ4v) is 5.60. The topological polar surface area (TPSA) is 60.7 Å². The van der Waals surface area contributed by atoms with E-state index >= 15 is 0 Å². The third-order valence-electron chi connectivity index (χ3n) is 6.65. The Morgan fingerprint density at radius 2 is 2.00 bits per heavy atom. The van der Waals surface area contributed by atoms with Crippen LogP contribution in [0.4, 0.5) is 0 Å². The molecule has 3 N–H and O–H groups in total. The Bertz CT molecular complexity index is 570. The molecule has 3 heteroatoms. The summed E-state index contributed by atoms with van der Waals surface area (Å²) in [5, 5.41) is 30.6. The number of fused-ring (bicyclic) bond motifs is 5. The SMILES string of the molecule is C[C@]12CC[C@@H]3c4ccc(O)cc4CC[C@H]3[C@@H]1C(O)C[C@@H]2O. The monoisotopic (exact) mass is 288 g/mol. The van der Waals surface area contributed by atoms with Crippen LogP contribution in [-0.4, -0.2) is 27.5 Å². The smallest absolute Gasteiger partial charge is 0.115 e. The highest BCUT2D eigenvalue weighted by atomic mass is 16.3. The predicted octanol–water partition coefficient (Wildman–Crippen LogP) is 2.58. The number of aromatic hydroxyl groups is 1. The normalized spacial score (nSPS) is 44.8. The summed E-state index contributed by atoms with van der Waals surface area (Å²) in [5.41, 5.74) is 2.52. The van der Waals surface area contributed by atoms with Crippen molar-refractivity contribution in [2.75, 3.05) is 0 Å². The summed E-state index contributed by atoms with van der Waals surface area (Å²) in [6.45, 7) is 2.17. The first kappa shape index (κ1) is 13.6. The van der Waals surface area contributed by atoms with Gasteiger partial charge in [-0.1, -0.05) is 13.0 Å². The van der Waals surface area contributed by atoms with Gasteiger partial charge >= 0.3 is 0 Å². The molecule has 1 unspecified atom stereocenters. The fraction of sp³-hybridized carbons (Fsp3) is 0.667. The Morgan fingerprint density at radius 1 is 1.19 bits per heavy atom. The molecule has 0 radical (unpaired) electrons. The van der Waals surface area contributed by atoms with Crippen LogP contribution in [0.15, 0.2) is 18.2 Å². The summed E-state index contributed by atoms with van der Waals surface area (Å²) in [4.78, 5) is 0. The summed E-state index contributed by atoms with van der Waals surface area (Å²) in [6.07, 6.45) is 3.91. The standard InChI is InChI=1S/C18H24O3/c1-18-7-6-13-12-5-3-11(19)8-10(12)2-4-14(13)17(18)15(20)9-16(18)21/h3,5,8,13-17,19-21H,2,4,6-7,9H2,1H3/t13-,14-,15?,16+,17-,18-/m1/s1. The maximum Gasteiger partial charge on any atom is 0.115 e. The van der Waals surface area contributed by atoms with E-state index in [9.17, 15) is 15.3 Å². The molecule has 0 amide bonds. The molecule has 3 nitrogen and oxygen atoms in total. The highest BCUT2D eigenvalue weighted by molar-refractivity contribution is 5.40. The molecule has 0 saturated heterocycles. The van der Waals surface area contributed by atoms with Crippen molar-refractivity contribution in [2.45, 2.75) is 57.2 Å². The van der Waals surface area contributed by atoms with Crippen LogP contribution in [0.5, 0.6) is 5.75 Å². The molecule has 0 heterocycles. The first-order valence-electron chi connectivity index (χ1n) is 8.18. The largest absolute Gasteiger partial charge is 0.508 e. The van der Waals surface area contributed by atoms with Gasteiger partial charge in [0.15, 0.2) is 0 Å². The Hall–Kier alpha value is -1.06. The van der Waals surface area contributed by atoms with Gasteiger partial charge in [-0.15, -0.1) is 0 Å². The van der Waals surface area contributed by atoms with Gasteiger partial charge in [-0.2, -0.15) is 0 Å². The maximum atomic E-state index is 10.5. The Labute approximate surface area is 125 Å². The van der Waals surface area contributed by atoms with Gasteiger partial charge in [-0.05, 0) is 72.1 Å². The van der Waals surface area contributed by atoms with Crippen LogP contribution in [0, 0.1) is 17.3 Å². The number of hydrogen-bond acceptors (Lipinski definition) is 3. The molecule has 0 aromatic heterocycles. The van der Waals surface area contributed by atoms with E-state index in [-0.39, 0.29) is 23.5 Å². The maximum absolute atomic E-state index is 10.5. The van der Waals surface area contributed by atoms with Gasteiger partial charge in [0.25, 0.3) is 0 Å². The average molecular weight is 288 g/mol. The Morgan fingerprint density at radius 3 is 2.81 bits per heavy atom. The molecule has 3 aliphatic rings. The lowest BCUT2D eigenvalue weighted by Gasteiger charge is -2.50. The van der Waals surface area contributed by atoms with Crippen LogP contribution >= 0.6 is 0 Å². The van der Waals surface area contributed by atoms with E-state index < -0.39 is 0 Å². The van der Waals surface area contributed by atoms with Crippen LogP contribution < -0.4 is 0 Å². The zero-order chi connectivity index (χ0) is 14.8. The van der Waals surface area contributed by atoms with Crippen molar-refractivity contribution in [1.29, 1.82) is 0 Å². The summed E-state index contributed by atoms with van der Waals surface area (Å²) in [6, 6.07) is 5.76. The number of benzene rings is 1. The van der Waals surface area contributed by atoms with Gasteiger partial charge in [0.05, 0.1) is 12.2 Å². The van der Waals surface area contributed by atoms with E-state index in [2.05, 4.69) is 13.0 Å². The van der Waals surface area contributed by atoms with E-state index in [1.807, 2.05) is 6.07 Å². The van der Waals surface area contributed by atoms with Crippen molar-refractivity contribution in [3.8, 4) is 5.75 Å². The first-order chi connectivity index (χ1) is 10.0. The number of phenolic OH excluding ortho intramolecular Hbond substituents is 1. The molecule has 3 aliphatic carbocycles. The molecule has 6 atom stereocenters. The van der Waals surface area contributed by atoms with Crippen molar-refractivity contribution in [3.63, 3.8) is 0 Å². The van der Waals surface area contributed by atoms with Crippen LogP contribution in [-0.2, 0) is 6.42 Å². The molecule has 1 aromatic rings. The predicted molar refractivity (Wildman–Crippen MR) is 80.1 cm³/mol. The minimum atomic E-state index is -0.364. The number of phenols is 1. The summed E-state index contributed by atoms with van der Waals surface area (Å²) < 4.78 is 0. The molecule has 2 saturated carbocycles. The zero-order valence-corrected chi connectivity index (χ0v) is 12.5.